The number of rotatable bonds is 6. The highest BCUT2D eigenvalue weighted by Crippen LogP contribution is 2.25. The number of aliphatic carboxylic acids is 1. The molecule has 1 saturated carbocycles. The number of methoxy groups -OCH3 is 1. The number of hydrogen-bond donors (Lipinski definition) is 2. The molecule has 1 aromatic carbocycles. The van der Waals surface area contributed by atoms with E-state index in [0.29, 0.717) is 37.7 Å². The number of amides is 1. The van der Waals surface area contributed by atoms with Gasteiger partial charge in [-0.05, 0) is 43.7 Å². The summed E-state index contributed by atoms with van der Waals surface area (Å²) in [6.07, 6.45) is 3.03. The number of nitrogens with one attached hydrogen (secondary N) is 1. The topological polar surface area (TPSA) is 75.6 Å². The molecule has 0 spiro atoms. The van der Waals surface area contributed by atoms with Crippen LogP contribution in [0.25, 0.3) is 0 Å². The van der Waals surface area contributed by atoms with Gasteiger partial charge in [0.05, 0.1) is 13.0 Å². The molecule has 0 bridgehead atoms. The van der Waals surface area contributed by atoms with E-state index in [4.69, 9.17) is 9.84 Å². The quantitative estimate of drug-likeness (QED) is 0.843. The Morgan fingerprint density at radius 1 is 1.30 bits per heavy atom. The van der Waals surface area contributed by atoms with Gasteiger partial charge in [-0.3, -0.25) is 9.59 Å². The third kappa shape index (κ3) is 4.68. The van der Waals surface area contributed by atoms with Crippen molar-refractivity contribution in [2.45, 2.75) is 44.6 Å². The number of carbonyl (C=O) groups is 2. The number of ether oxygens (including phenoxy) is 1. The maximum Gasteiger partial charge on any atom is 0.306 e. The number of aryl methyl sites for hydroxylation is 1. The molecule has 0 heterocycles. The summed E-state index contributed by atoms with van der Waals surface area (Å²) in [4.78, 5) is 22.9. The van der Waals surface area contributed by atoms with E-state index in [1.807, 2.05) is 0 Å². The van der Waals surface area contributed by atoms with Crippen LogP contribution in [0.5, 0.6) is 5.75 Å². The smallest absolute Gasteiger partial charge is 0.306 e. The van der Waals surface area contributed by atoms with Crippen LogP contribution < -0.4 is 10.1 Å². The summed E-state index contributed by atoms with van der Waals surface area (Å²) in [5.74, 6) is -1.44. The van der Waals surface area contributed by atoms with Crippen LogP contribution in [0.15, 0.2) is 18.2 Å². The molecule has 2 N–H and O–H groups in total. The van der Waals surface area contributed by atoms with Gasteiger partial charge in [-0.25, -0.2) is 4.39 Å². The SMILES string of the molecule is COc1cccc(CCC(=O)NC2CCC(C(=O)O)CC2)c1F. The molecule has 0 aliphatic heterocycles. The van der Waals surface area contributed by atoms with Gasteiger partial charge >= 0.3 is 5.97 Å². The van der Waals surface area contributed by atoms with E-state index in [1.165, 1.54) is 7.11 Å². The molecular formula is C17H22FNO4. The van der Waals surface area contributed by atoms with Crippen LogP contribution in [0, 0.1) is 11.7 Å². The minimum Gasteiger partial charge on any atom is -0.494 e. The third-order valence-corrected chi connectivity index (χ3v) is 4.33. The standard InChI is InChI=1S/C17H22FNO4/c1-23-14-4-2-3-11(16(14)18)7-10-15(20)19-13-8-5-12(6-9-13)17(21)22/h2-4,12-13H,5-10H2,1H3,(H,19,20)(H,21,22). The van der Waals surface area contributed by atoms with Crippen LogP contribution >= 0.6 is 0 Å². The molecule has 1 fully saturated rings. The normalized spacial score (nSPS) is 20.8. The predicted molar refractivity (Wildman–Crippen MR) is 82.8 cm³/mol. The van der Waals surface area contributed by atoms with Gasteiger partial charge < -0.3 is 15.2 Å². The van der Waals surface area contributed by atoms with Crippen molar-refractivity contribution in [2.24, 2.45) is 5.92 Å². The van der Waals surface area contributed by atoms with E-state index in [1.54, 1.807) is 18.2 Å². The van der Waals surface area contributed by atoms with Crippen molar-refractivity contribution < 1.29 is 23.8 Å². The van der Waals surface area contributed by atoms with Gasteiger partial charge in [0.2, 0.25) is 5.91 Å². The lowest BCUT2D eigenvalue weighted by Crippen LogP contribution is -2.38. The predicted octanol–water partition coefficient (Wildman–Crippen LogP) is 2.53. The highest BCUT2D eigenvalue weighted by atomic mass is 19.1. The van der Waals surface area contributed by atoms with E-state index in [9.17, 15) is 14.0 Å². The van der Waals surface area contributed by atoms with E-state index >= 15 is 0 Å². The van der Waals surface area contributed by atoms with Gasteiger partial charge in [-0.2, -0.15) is 0 Å². The molecule has 0 saturated heterocycles. The van der Waals surface area contributed by atoms with Gasteiger partial charge in [-0.15, -0.1) is 0 Å². The van der Waals surface area contributed by atoms with Gasteiger partial charge in [-0.1, -0.05) is 12.1 Å². The Bertz CT molecular complexity index is 568. The maximum absolute atomic E-state index is 14.0. The monoisotopic (exact) mass is 323 g/mol. The Labute approximate surface area is 134 Å². The summed E-state index contributed by atoms with van der Waals surface area (Å²) in [6, 6.07) is 4.90. The number of halogens is 1. The molecule has 23 heavy (non-hydrogen) atoms. The lowest BCUT2D eigenvalue weighted by Gasteiger charge is -2.26. The summed E-state index contributed by atoms with van der Waals surface area (Å²) in [5.41, 5.74) is 0.453. The molecule has 0 aromatic heterocycles. The molecule has 5 nitrogen and oxygen atoms in total. The number of carboxylic acids is 1. The molecule has 1 aliphatic carbocycles. The Hall–Kier alpha value is -2.11. The van der Waals surface area contributed by atoms with Crippen LogP contribution in [0.1, 0.15) is 37.7 Å². The Morgan fingerprint density at radius 3 is 2.61 bits per heavy atom. The Balaban J connectivity index is 1.79. The van der Waals surface area contributed by atoms with Crippen molar-refractivity contribution in [1.29, 1.82) is 0 Å². The lowest BCUT2D eigenvalue weighted by molar-refractivity contribution is -0.142. The first-order valence-electron chi connectivity index (χ1n) is 7.84. The van der Waals surface area contributed by atoms with Gasteiger partial charge in [0, 0.05) is 12.5 Å². The average molecular weight is 323 g/mol. The first-order chi connectivity index (χ1) is 11.0. The summed E-state index contributed by atoms with van der Waals surface area (Å²) in [6.45, 7) is 0. The summed E-state index contributed by atoms with van der Waals surface area (Å²) in [7, 11) is 1.41. The molecule has 1 amide bonds. The number of benzene rings is 1. The molecule has 0 unspecified atom stereocenters. The fraction of sp³-hybridized carbons (Fsp3) is 0.529. The first-order valence-corrected chi connectivity index (χ1v) is 7.84. The molecule has 2 rings (SSSR count). The zero-order valence-electron chi connectivity index (χ0n) is 13.2. The van der Waals surface area contributed by atoms with E-state index in [2.05, 4.69) is 5.32 Å². The van der Waals surface area contributed by atoms with Crippen LogP contribution in [0.4, 0.5) is 4.39 Å². The molecule has 1 aromatic rings. The van der Waals surface area contributed by atoms with Crippen LogP contribution in [0.2, 0.25) is 0 Å². The van der Waals surface area contributed by atoms with E-state index in [0.717, 1.165) is 0 Å². The number of carbonyl (C=O) groups excluding carboxylic acids is 1. The summed E-state index contributed by atoms with van der Waals surface area (Å²) >= 11 is 0. The zero-order chi connectivity index (χ0) is 16.8. The molecule has 1 aliphatic rings. The van der Waals surface area contributed by atoms with Gasteiger partial charge in [0.15, 0.2) is 11.6 Å². The maximum atomic E-state index is 14.0. The summed E-state index contributed by atoms with van der Waals surface area (Å²) < 4.78 is 18.9. The van der Waals surface area contributed by atoms with Gasteiger partial charge in [0.25, 0.3) is 0 Å². The molecule has 0 atom stereocenters. The number of carboxylic acid groups (broad SMARTS) is 1. The van der Waals surface area contributed by atoms with Gasteiger partial charge in [0.1, 0.15) is 0 Å². The second kappa shape index (κ2) is 7.94. The molecule has 126 valence electrons. The minimum atomic E-state index is -0.761. The molecule has 0 radical (unpaired) electrons. The lowest BCUT2D eigenvalue weighted by atomic mass is 9.86. The van der Waals surface area contributed by atoms with Crippen molar-refractivity contribution in [3.05, 3.63) is 29.6 Å². The van der Waals surface area contributed by atoms with Crippen LogP contribution in [-0.4, -0.2) is 30.1 Å². The largest absolute Gasteiger partial charge is 0.494 e. The first kappa shape index (κ1) is 17.2. The number of hydrogen-bond acceptors (Lipinski definition) is 3. The fourth-order valence-electron chi connectivity index (χ4n) is 2.94. The van der Waals surface area contributed by atoms with E-state index in [-0.39, 0.29) is 30.0 Å². The van der Waals surface area contributed by atoms with E-state index < -0.39 is 11.8 Å². The van der Waals surface area contributed by atoms with Crippen molar-refractivity contribution >= 4 is 11.9 Å². The Kier molecular flexibility index (Phi) is 5.96. The van der Waals surface area contributed by atoms with Crippen molar-refractivity contribution in [2.75, 3.05) is 7.11 Å². The summed E-state index contributed by atoms with van der Waals surface area (Å²) in [5, 5.41) is 11.9. The third-order valence-electron chi connectivity index (χ3n) is 4.33. The van der Waals surface area contributed by atoms with Crippen molar-refractivity contribution in [3.63, 3.8) is 0 Å². The highest BCUT2D eigenvalue weighted by Gasteiger charge is 2.26. The fourth-order valence-corrected chi connectivity index (χ4v) is 2.94. The Morgan fingerprint density at radius 2 is 2.00 bits per heavy atom. The zero-order valence-corrected chi connectivity index (χ0v) is 13.2. The molecule has 6 heteroatoms. The average Bonchev–Trinajstić information content (AvgIpc) is 2.54. The van der Waals surface area contributed by atoms with Crippen LogP contribution in [0.3, 0.4) is 0 Å². The minimum absolute atomic E-state index is 0.0215. The highest BCUT2D eigenvalue weighted by molar-refractivity contribution is 5.76. The second-order valence-corrected chi connectivity index (χ2v) is 5.89. The van der Waals surface area contributed by atoms with Crippen molar-refractivity contribution in [1.82, 2.24) is 5.32 Å². The second-order valence-electron chi connectivity index (χ2n) is 5.89. The van der Waals surface area contributed by atoms with Crippen molar-refractivity contribution in [3.8, 4) is 5.75 Å². The molecular weight excluding hydrogens is 301 g/mol. The van der Waals surface area contributed by atoms with Crippen LogP contribution in [-0.2, 0) is 16.0 Å².